The minimum atomic E-state index is -2.12. The highest BCUT2D eigenvalue weighted by molar-refractivity contribution is 5.85. The lowest BCUT2D eigenvalue weighted by atomic mass is 10.0. The Labute approximate surface area is 159 Å². The highest BCUT2D eigenvalue weighted by Gasteiger charge is 2.19. The minimum Gasteiger partial charge on any atom is -0.367 e. The minimum absolute atomic E-state index is 0.0198. The maximum Gasteiger partial charge on any atom is 0.239 e. The third-order valence-corrected chi connectivity index (χ3v) is 3.71. The van der Waals surface area contributed by atoms with Crippen LogP contribution in [0.25, 0.3) is 16.6 Å². The van der Waals surface area contributed by atoms with Gasteiger partial charge in [-0.05, 0) is 30.2 Å². The summed E-state index contributed by atoms with van der Waals surface area (Å²) < 4.78 is 37.2. The molecule has 2 N–H and O–H groups in total. The number of aryl methyl sites for hydroxylation is 1. The molecule has 0 saturated heterocycles. The van der Waals surface area contributed by atoms with Crippen LogP contribution < -0.4 is 5.73 Å². The zero-order valence-corrected chi connectivity index (χ0v) is 15.5. The van der Waals surface area contributed by atoms with E-state index in [0.717, 1.165) is 5.56 Å². The van der Waals surface area contributed by atoms with Crippen molar-refractivity contribution in [2.75, 3.05) is 12.8 Å². The summed E-state index contributed by atoms with van der Waals surface area (Å²) in [6.45, 7) is 3.30. The maximum absolute atomic E-state index is 14.4. The first-order valence-corrected chi connectivity index (χ1v) is 8.25. The number of anilines is 1. The van der Waals surface area contributed by atoms with Crippen LogP contribution in [0.15, 0.2) is 34.6 Å². The molecule has 0 bridgehead atoms. The van der Waals surface area contributed by atoms with E-state index in [1.54, 1.807) is 25.2 Å². The van der Waals surface area contributed by atoms with Crippen molar-refractivity contribution in [3.63, 3.8) is 0 Å². The van der Waals surface area contributed by atoms with Gasteiger partial charge in [-0.25, -0.2) is 17.7 Å². The van der Waals surface area contributed by atoms with Crippen LogP contribution in [0.2, 0.25) is 0 Å². The molecule has 0 amide bonds. The third kappa shape index (κ3) is 4.43. The summed E-state index contributed by atoms with van der Waals surface area (Å²) in [5, 5.41) is 20.9. The summed E-state index contributed by atoms with van der Waals surface area (Å²) in [5.41, 5.74) is 8.22. The number of aromatic nitrogens is 3. The van der Waals surface area contributed by atoms with E-state index in [1.165, 1.54) is 17.6 Å². The van der Waals surface area contributed by atoms with Gasteiger partial charge in [-0.15, -0.1) is 5.10 Å². The standard InChI is InChI=1S/C15H12FN7.C3H6F2/c1-8-5-9(3-4-11(8)21-19-2)13-10(16)7-23-14(13)12(6-17)20-15(18)22-23;1-2-3(4)5/h3-5,7H,1-2H3,(H2,18,22);3H,2H2,1H3. The quantitative estimate of drug-likeness (QED) is 0.657. The van der Waals surface area contributed by atoms with E-state index in [0.29, 0.717) is 11.3 Å². The number of hydrogen-bond donors (Lipinski definition) is 1. The summed E-state index contributed by atoms with van der Waals surface area (Å²) in [6.07, 6.45) is -0.964. The predicted molar refractivity (Wildman–Crippen MR) is 99.0 cm³/mol. The first-order valence-electron chi connectivity index (χ1n) is 8.25. The molecule has 28 heavy (non-hydrogen) atoms. The van der Waals surface area contributed by atoms with Gasteiger partial charge >= 0.3 is 0 Å². The SMILES string of the molecule is CCC(F)F.CN=Nc1ccc(-c2c(F)cn3nc(N)nc(C#N)c23)cc1C. The van der Waals surface area contributed by atoms with Crippen molar-refractivity contribution < 1.29 is 13.2 Å². The van der Waals surface area contributed by atoms with Crippen molar-refractivity contribution in [3.05, 3.63) is 41.5 Å². The number of halogens is 3. The molecule has 0 fully saturated rings. The zero-order valence-electron chi connectivity index (χ0n) is 15.5. The number of nitrogens with two attached hydrogens (primary N) is 1. The van der Waals surface area contributed by atoms with Gasteiger partial charge in [0.15, 0.2) is 11.5 Å². The van der Waals surface area contributed by atoms with Crippen LogP contribution in [0.1, 0.15) is 24.6 Å². The van der Waals surface area contributed by atoms with Gasteiger partial charge in [0.25, 0.3) is 0 Å². The summed E-state index contributed by atoms with van der Waals surface area (Å²) in [7, 11) is 1.58. The van der Waals surface area contributed by atoms with Crippen molar-refractivity contribution in [1.82, 2.24) is 14.6 Å². The van der Waals surface area contributed by atoms with Gasteiger partial charge in [-0.2, -0.15) is 20.5 Å². The van der Waals surface area contributed by atoms with Crippen LogP contribution in [0.4, 0.5) is 24.8 Å². The normalized spacial score (nSPS) is 10.9. The molecule has 0 aliphatic carbocycles. The lowest BCUT2D eigenvalue weighted by Crippen LogP contribution is -2.03. The van der Waals surface area contributed by atoms with Crippen LogP contribution in [-0.4, -0.2) is 28.1 Å². The fourth-order valence-corrected chi connectivity index (χ4v) is 2.45. The number of benzene rings is 1. The van der Waals surface area contributed by atoms with E-state index in [-0.39, 0.29) is 29.1 Å². The first-order chi connectivity index (χ1) is 13.3. The van der Waals surface area contributed by atoms with E-state index in [1.807, 2.05) is 13.0 Å². The summed E-state index contributed by atoms with van der Waals surface area (Å²) in [6, 6.07) is 7.16. The Balaban J connectivity index is 0.000000500. The largest absolute Gasteiger partial charge is 0.367 e. The van der Waals surface area contributed by atoms with Gasteiger partial charge in [0, 0.05) is 19.0 Å². The van der Waals surface area contributed by atoms with Crippen LogP contribution >= 0.6 is 0 Å². The number of azo groups is 1. The maximum atomic E-state index is 14.4. The molecule has 2 aromatic heterocycles. The molecular weight excluding hydrogens is 371 g/mol. The average Bonchev–Trinajstić information content (AvgIpc) is 2.98. The second-order valence-electron chi connectivity index (χ2n) is 5.68. The van der Waals surface area contributed by atoms with E-state index in [9.17, 15) is 18.4 Å². The molecule has 10 heteroatoms. The molecule has 0 saturated carbocycles. The number of hydrogen-bond acceptors (Lipinski definition) is 6. The van der Waals surface area contributed by atoms with Gasteiger partial charge in [-0.1, -0.05) is 13.0 Å². The highest BCUT2D eigenvalue weighted by atomic mass is 19.3. The number of fused-ring (bicyclic) bond motifs is 1. The Bertz CT molecular complexity index is 1050. The number of rotatable bonds is 3. The van der Waals surface area contributed by atoms with E-state index >= 15 is 0 Å². The van der Waals surface area contributed by atoms with E-state index in [2.05, 4.69) is 20.3 Å². The number of nitriles is 1. The average molecular weight is 389 g/mol. The molecule has 0 spiro atoms. The Morgan fingerprint density at radius 2 is 2.04 bits per heavy atom. The lowest BCUT2D eigenvalue weighted by Gasteiger charge is -2.05. The summed E-state index contributed by atoms with van der Waals surface area (Å²) in [5.74, 6) is -0.601. The molecule has 2 heterocycles. The van der Waals surface area contributed by atoms with Crippen LogP contribution in [0.3, 0.4) is 0 Å². The molecule has 0 aliphatic heterocycles. The number of nitrogen functional groups attached to an aromatic ring is 1. The van der Waals surface area contributed by atoms with Crippen LogP contribution in [0.5, 0.6) is 0 Å². The smallest absolute Gasteiger partial charge is 0.239 e. The van der Waals surface area contributed by atoms with Gasteiger partial charge in [0.2, 0.25) is 12.4 Å². The highest BCUT2D eigenvalue weighted by Crippen LogP contribution is 2.33. The Hall–Kier alpha value is -3.48. The van der Waals surface area contributed by atoms with E-state index < -0.39 is 12.2 Å². The number of nitrogens with zero attached hydrogens (tertiary/aromatic N) is 6. The lowest BCUT2D eigenvalue weighted by molar-refractivity contribution is 0.144. The molecule has 7 nitrogen and oxygen atoms in total. The molecule has 3 rings (SSSR count). The summed E-state index contributed by atoms with van der Waals surface area (Å²) in [4.78, 5) is 3.87. The Kier molecular flexibility index (Phi) is 6.65. The molecular formula is C18H18F3N7. The van der Waals surface area contributed by atoms with Crippen molar-refractivity contribution in [3.8, 4) is 17.2 Å². The van der Waals surface area contributed by atoms with Crippen molar-refractivity contribution >= 4 is 17.2 Å². The topological polar surface area (TPSA) is 105 Å². The van der Waals surface area contributed by atoms with Crippen molar-refractivity contribution in [1.29, 1.82) is 5.26 Å². The van der Waals surface area contributed by atoms with Crippen LogP contribution in [0, 0.1) is 24.1 Å². The molecule has 146 valence electrons. The van der Waals surface area contributed by atoms with Crippen LogP contribution in [-0.2, 0) is 0 Å². The Morgan fingerprint density at radius 3 is 2.57 bits per heavy atom. The van der Waals surface area contributed by atoms with Crippen molar-refractivity contribution in [2.45, 2.75) is 26.7 Å². The Morgan fingerprint density at radius 1 is 1.36 bits per heavy atom. The fraction of sp³-hybridized carbons (Fsp3) is 0.278. The monoisotopic (exact) mass is 389 g/mol. The molecule has 0 aliphatic rings. The molecule has 0 radical (unpaired) electrons. The molecule has 0 atom stereocenters. The third-order valence-electron chi connectivity index (χ3n) is 3.71. The summed E-state index contributed by atoms with van der Waals surface area (Å²) >= 11 is 0. The predicted octanol–water partition coefficient (Wildman–Crippen LogP) is 4.67. The fourth-order valence-electron chi connectivity index (χ4n) is 2.45. The van der Waals surface area contributed by atoms with Gasteiger partial charge < -0.3 is 5.73 Å². The number of alkyl halides is 2. The zero-order chi connectivity index (χ0) is 20.8. The van der Waals surface area contributed by atoms with Gasteiger partial charge in [0.05, 0.1) is 11.9 Å². The molecule has 3 aromatic rings. The second kappa shape index (κ2) is 8.94. The molecule has 1 aromatic carbocycles. The van der Waals surface area contributed by atoms with Gasteiger partial charge in [-0.3, -0.25) is 0 Å². The second-order valence-corrected chi connectivity index (χ2v) is 5.68. The van der Waals surface area contributed by atoms with Gasteiger partial charge in [0.1, 0.15) is 11.6 Å². The van der Waals surface area contributed by atoms with E-state index in [4.69, 9.17) is 5.73 Å². The van der Waals surface area contributed by atoms with Crippen molar-refractivity contribution in [2.24, 2.45) is 10.2 Å². The molecule has 0 unspecified atom stereocenters. The first kappa shape index (κ1) is 20.8.